The fraction of sp³-hybridized carbons (Fsp3) is 0.719. The fourth-order valence-corrected chi connectivity index (χ4v) is 8.74. The van der Waals surface area contributed by atoms with Crippen molar-refractivity contribution in [2.45, 2.75) is 251 Å². The van der Waals surface area contributed by atoms with Crippen molar-refractivity contribution in [3.8, 4) is 0 Å². The highest BCUT2D eigenvalue weighted by atomic mass is 31.2. The van der Waals surface area contributed by atoms with Crippen molar-refractivity contribution in [3.63, 3.8) is 0 Å². The van der Waals surface area contributed by atoms with E-state index in [4.69, 9.17) is 18.5 Å². The van der Waals surface area contributed by atoms with Gasteiger partial charge in [-0.15, -0.1) is 0 Å². The minimum absolute atomic E-state index is 0.0165. The molecule has 74 heavy (non-hydrogen) atoms. The minimum Gasteiger partial charge on any atom is -0.462 e. The summed E-state index contributed by atoms with van der Waals surface area (Å²) >= 11 is 0. The number of carbonyl (C=O) groups excluding carboxylic acids is 2. The van der Waals surface area contributed by atoms with Crippen molar-refractivity contribution in [3.05, 3.63) is 97.2 Å². The second-order valence-electron chi connectivity index (χ2n) is 21.0. The van der Waals surface area contributed by atoms with Crippen LogP contribution in [-0.4, -0.2) is 74.9 Å². The molecule has 0 aromatic heterocycles. The maximum Gasteiger partial charge on any atom is 0.472 e. The molecule has 0 radical (unpaired) electrons. The molecule has 0 saturated carbocycles. The highest BCUT2D eigenvalue weighted by Gasteiger charge is 2.27. The minimum atomic E-state index is -4.41. The molecule has 0 aliphatic heterocycles. The van der Waals surface area contributed by atoms with Crippen molar-refractivity contribution in [1.82, 2.24) is 0 Å². The standard InChI is InChI=1S/C64H112NO8P/c1-6-8-10-12-14-16-18-20-22-24-26-28-30-31-32-33-35-36-38-40-42-44-46-48-50-52-54-56-63(66)70-60-62(61-72-74(68,69)71-59-58-65(3,4)5)73-64(67)57-55-53-51-49-47-45-43-41-39-37-34-29-27-25-23-21-19-17-15-13-11-9-7-2/h9,11,15,17,21,23-24,26-27,29,37,39,43,45,49,51,62H,6-8,10,12-14,16,18-20,22,25,28,30-36,38,40-42,44,46-48,50,52-61H2,1-5H3/p+1/b11-9-,17-15-,23-21-,26-24-,29-27-,39-37-,45-43-,51-49-. The number of esters is 2. The molecular weight excluding hydrogens is 942 g/mol. The summed E-state index contributed by atoms with van der Waals surface area (Å²) in [4.78, 5) is 35.7. The van der Waals surface area contributed by atoms with E-state index in [1.807, 2.05) is 21.1 Å². The highest BCUT2D eigenvalue weighted by Crippen LogP contribution is 2.43. The number of likely N-dealkylation sites (N-methyl/N-ethyl adjacent to an activating group) is 1. The average Bonchev–Trinajstić information content (AvgIpc) is 3.36. The Balaban J connectivity index is 4.23. The van der Waals surface area contributed by atoms with E-state index < -0.39 is 26.5 Å². The summed E-state index contributed by atoms with van der Waals surface area (Å²) in [5.41, 5.74) is 0. The number of quaternary nitrogens is 1. The van der Waals surface area contributed by atoms with Crippen LogP contribution in [-0.2, 0) is 32.7 Å². The monoisotopic (exact) mass is 1050 g/mol. The molecular formula is C64H113NO8P+. The zero-order valence-electron chi connectivity index (χ0n) is 48.3. The van der Waals surface area contributed by atoms with Crippen LogP contribution < -0.4 is 0 Å². The molecule has 0 heterocycles. The van der Waals surface area contributed by atoms with Gasteiger partial charge in [0.2, 0.25) is 0 Å². The molecule has 0 aromatic rings. The molecule has 2 atom stereocenters. The Morgan fingerprint density at radius 1 is 0.432 bits per heavy atom. The molecule has 0 aliphatic carbocycles. The highest BCUT2D eigenvalue weighted by molar-refractivity contribution is 7.47. The predicted molar refractivity (Wildman–Crippen MR) is 316 cm³/mol. The molecule has 0 amide bonds. The van der Waals surface area contributed by atoms with Gasteiger partial charge in [-0.05, 0) is 89.9 Å². The third kappa shape index (κ3) is 58.2. The zero-order chi connectivity index (χ0) is 54.2. The Bertz CT molecular complexity index is 1570. The summed E-state index contributed by atoms with van der Waals surface area (Å²) in [5.74, 6) is -0.867. The Morgan fingerprint density at radius 3 is 1.20 bits per heavy atom. The Morgan fingerprint density at radius 2 is 0.784 bits per heavy atom. The summed E-state index contributed by atoms with van der Waals surface area (Å²) in [6.45, 7) is 4.26. The van der Waals surface area contributed by atoms with Crippen molar-refractivity contribution < 1.29 is 42.1 Å². The molecule has 2 unspecified atom stereocenters. The first-order valence-electron chi connectivity index (χ1n) is 30.0. The lowest BCUT2D eigenvalue weighted by atomic mass is 10.0. The van der Waals surface area contributed by atoms with Crippen LogP contribution in [0.15, 0.2) is 97.2 Å². The Kier molecular flexibility index (Phi) is 52.4. The maximum atomic E-state index is 12.8. The number of nitrogens with zero attached hydrogens (tertiary/aromatic N) is 1. The van der Waals surface area contributed by atoms with Crippen LogP contribution in [0.3, 0.4) is 0 Å². The Labute approximate surface area is 455 Å². The van der Waals surface area contributed by atoms with Crippen molar-refractivity contribution in [2.24, 2.45) is 0 Å². The first-order valence-corrected chi connectivity index (χ1v) is 31.5. The second-order valence-corrected chi connectivity index (χ2v) is 22.5. The smallest absolute Gasteiger partial charge is 0.462 e. The van der Waals surface area contributed by atoms with Crippen LogP contribution in [0.25, 0.3) is 0 Å². The van der Waals surface area contributed by atoms with Gasteiger partial charge < -0.3 is 18.9 Å². The topological polar surface area (TPSA) is 108 Å². The van der Waals surface area contributed by atoms with E-state index in [0.29, 0.717) is 23.9 Å². The molecule has 9 nitrogen and oxygen atoms in total. The van der Waals surface area contributed by atoms with Gasteiger partial charge in [0.05, 0.1) is 27.7 Å². The number of hydrogen-bond acceptors (Lipinski definition) is 7. The summed E-state index contributed by atoms with van der Waals surface area (Å²) in [5, 5.41) is 0. The molecule has 0 fully saturated rings. The largest absolute Gasteiger partial charge is 0.472 e. The lowest BCUT2D eigenvalue weighted by Crippen LogP contribution is -2.37. The molecule has 10 heteroatoms. The summed E-state index contributed by atoms with van der Waals surface area (Å²) in [6, 6.07) is 0. The molecule has 0 aromatic carbocycles. The van der Waals surface area contributed by atoms with E-state index in [2.05, 4.69) is 111 Å². The van der Waals surface area contributed by atoms with Crippen LogP contribution in [0.4, 0.5) is 0 Å². The van der Waals surface area contributed by atoms with Crippen molar-refractivity contribution >= 4 is 19.8 Å². The fourth-order valence-electron chi connectivity index (χ4n) is 8.00. The van der Waals surface area contributed by atoms with Gasteiger partial charge >= 0.3 is 19.8 Å². The lowest BCUT2D eigenvalue weighted by molar-refractivity contribution is -0.870. The third-order valence-corrected chi connectivity index (χ3v) is 13.6. The quantitative estimate of drug-likeness (QED) is 0.0211. The first-order chi connectivity index (χ1) is 36.0. The van der Waals surface area contributed by atoms with E-state index >= 15 is 0 Å². The van der Waals surface area contributed by atoms with Gasteiger partial charge in [0, 0.05) is 12.8 Å². The lowest BCUT2D eigenvalue weighted by Gasteiger charge is -2.24. The SMILES string of the molecule is CC/C=C\C/C=C\C/C=C\C/C=C\C/C=C\C/C=C\C/C=C\CCCC(=O)OC(COC(=O)CCCCCCCCCCCCCCCCC/C=C\CCCCCCCCCC)COP(=O)(O)OCC[N+](C)(C)C. The first kappa shape index (κ1) is 70.9. The van der Waals surface area contributed by atoms with Gasteiger partial charge in [-0.1, -0.05) is 239 Å². The van der Waals surface area contributed by atoms with E-state index in [0.717, 1.165) is 64.2 Å². The molecule has 0 saturated heterocycles. The number of hydrogen-bond donors (Lipinski definition) is 1. The number of allylic oxidation sites excluding steroid dienone is 16. The van der Waals surface area contributed by atoms with E-state index in [1.165, 1.54) is 141 Å². The van der Waals surface area contributed by atoms with Crippen LogP contribution in [0.5, 0.6) is 0 Å². The van der Waals surface area contributed by atoms with E-state index in [1.54, 1.807) is 0 Å². The molecule has 0 rings (SSSR count). The van der Waals surface area contributed by atoms with Crippen LogP contribution in [0.2, 0.25) is 0 Å². The summed E-state index contributed by atoms with van der Waals surface area (Å²) in [7, 11) is 1.43. The number of phosphoric acid groups is 1. The van der Waals surface area contributed by atoms with Crippen LogP contribution in [0.1, 0.15) is 245 Å². The van der Waals surface area contributed by atoms with E-state index in [-0.39, 0.29) is 32.0 Å². The molecule has 0 bridgehead atoms. The molecule has 0 aliphatic rings. The molecule has 426 valence electrons. The summed E-state index contributed by atoms with van der Waals surface area (Å²) < 4.78 is 34.5. The van der Waals surface area contributed by atoms with Gasteiger partial charge in [0.25, 0.3) is 0 Å². The van der Waals surface area contributed by atoms with Crippen LogP contribution >= 0.6 is 7.82 Å². The third-order valence-electron chi connectivity index (χ3n) is 12.6. The average molecular weight is 1060 g/mol. The van der Waals surface area contributed by atoms with Crippen LogP contribution in [0, 0.1) is 0 Å². The predicted octanol–water partition coefficient (Wildman–Crippen LogP) is 18.8. The van der Waals surface area contributed by atoms with Crippen molar-refractivity contribution in [1.29, 1.82) is 0 Å². The second kappa shape index (κ2) is 54.7. The van der Waals surface area contributed by atoms with Gasteiger partial charge in [-0.3, -0.25) is 18.6 Å². The van der Waals surface area contributed by atoms with Crippen molar-refractivity contribution in [2.75, 3.05) is 47.5 Å². The van der Waals surface area contributed by atoms with Gasteiger partial charge in [0.15, 0.2) is 6.10 Å². The number of ether oxygens (including phenoxy) is 2. The normalized spacial score (nSPS) is 14.0. The van der Waals surface area contributed by atoms with Gasteiger partial charge in [-0.2, -0.15) is 0 Å². The number of phosphoric ester groups is 1. The number of unbranched alkanes of at least 4 members (excludes halogenated alkanes) is 24. The molecule has 0 spiro atoms. The number of carbonyl (C=O) groups is 2. The Hall–Kier alpha value is -3.07. The summed E-state index contributed by atoms with van der Waals surface area (Å²) in [6.07, 6.45) is 75.0. The number of rotatable bonds is 54. The van der Waals surface area contributed by atoms with E-state index in [9.17, 15) is 19.0 Å². The molecule has 1 N–H and O–H groups in total. The zero-order valence-corrected chi connectivity index (χ0v) is 49.2. The van der Waals surface area contributed by atoms with Gasteiger partial charge in [-0.25, -0.2) is 4.57 Å². The maximum absolute atomic E-state index is 12.8. The van der Waals surface area contributed by atoms with Gasteiger partial charge in [0.1, 0.15) is 19.8 Å².